The van der Waals surface area contributed by atoms with Crippen molar-refractivity contribution < 1.29 is 18.7 Å². The molecule has 1 aliphatic heterocycles. The number of esters is 1. The molecule has 1 N–H and O–H groups in total. The van der Waals surface area contributed by atoms with E-state index in [-0.39, 0.29) is 11.7 Å². The fourth-order valence-corrected chi connectivity index (χ4v) is 3.82. The maximum atomic E-state index is 12.2. The molecule has 2 aromatic rings. The predicted octanol–water partition coefficient (Wildman–Crippen LogP) is 2.37. The number of nitrogens with one attached hydrogen (secondary N) is 1. The fraction of sp³-hybridized carbons (Fsp3) is 0.333. The highest BCUT2D eigenvalue weighted by atomic mass is 32.1. The number of furan rings is 1. The first kappa shape index (κ1) is 14.8. The third kappa shape index (κ3) is 2.65. The van der Waals surface area contributed by atoms with E-state index in [0.717, 1.165) is 30.0 Å². The van der Waals surface area contributed by atoms with Gasteiger partial charge in [-0.2, -0.15) is 0 Å². The van der Waals surface area contributed by atoms with Crippen LogP contribution in [0.4, 0.5) is 5.00 Å². The molecule has 0 atom stereocenters. The fourth-order valence-electron chi connectivity index (χ4n) is 2.51. The van der Waals surface area contributed by atoms with Gasteiger partial charge in [-0.1, -0.05) is 0 Å². The zero-order valence-electron chi connectivity index (χ0n) is 12.3. The molecule has 0 saturated heterocycles. The minimum atomic E-state index is -0.420. The number of thiophene rings is 1. The topological polar surface area (TPSA) is 71.8 Å². The Morgan fingerprint density at radius 1 is 1.45 bits per heavy atom. The first-order valence-corrected chi connectivity index (χ1v) is 7.68. The summed E-state index contributed by atoms with van der Waals surface area (Å²) < 4.78 is 9.96. The first-order chi connectivity index (χ1) is 10.6. The Kier molecular flexibility index (Phi) is 4.00. The summed E-state index contributed by atoms with van der Waals surface area (Å²) in [6.45, 7) is 1.64. The SMILES string of the molecule is COC(=O)c1c(NC(=O)c2ccco2)sc2c1CCN(C)C2. The number of anilines is 1. The molecule has 0 aliphatic carbocycles. The standard InChI is InChI=1S/C15H16N2O4S/c1-17-6-5-9-11(8-17)22-14(12(9)15(19)20-2)16-13(18)10-4-3-7-21-10/h3-4,7H,5-6,8H2,1-2H3,(H,16,18). The third-order valence-electron chi connectivity index (χ3n) is 3.61. The smallest absolute Gasteiger partial charge is 0.341 e. The van der Waals surface area contributed by atoms with Gasteiger partial charge in [-0.15, -0.1) is 11.3 Å². The van der Waals surface area contributed by atoms with Crippen molar-refractivity contribution in [2.75, 3.05) is 26.0 Å². The summed E-state index contributed by atoms with van der Waals surface area (Å²) >= 11 is 1.42. The quantitative estimate of drug-likeness (QED) is 0.879. The van der Waals surface area contributed by atoms with Gasteiger partial charge in [0.2, 0.25) is 0 Å². The van der Waals surface area contributed by atoms with Crippen molar-refractivity contribution in [3.63, 3.8) is 0 Å². The number of fused-ring (bicyclic) bond motifs is 1. The van der Waals surface area contributed by atoms with Crippen LogP contribution in [0.15, 0.2) is 22.8 Å². The number of rotatable bonds is 3. The number of likely N-dealkylation sites (N-methyl/N-ethyl adjacent to an activating group) is 1. The van der Waals surface area contributed by atoms with Gasteiger partial charge in [-0.3, -0.25) is 4.79 Å². The predicted molar refractivity (Wildman–Crippen MR) is 82.4 cm³/mol. The lowest BCUT2D eigenvalue weighted by molar-refractivity contribution is 0.0600. The van der Waals surface area contributed by atoms with E-state index in [2.05, 4.69) is 10.2 Å². The zero-order valence-corrected chi connectivity index (χ0v) is 13.2. The van der Waals surface area contributed by atoms with E-state index in [4.69, 9.17) is 9.15 Å². The van der Waals surface area contributed by atoms with Crippen molar-refractivity contribution in [2.24, 2.45) is 0 Å². The summed E-state index contributed by atoms with van der Waals surface area (Å²) in [7, 11) is 3.38. The highest BCUT2D eigenvalue weighted by Crippen LogP contribution is 2.37. The van der Waals surface area contributed by atoms with Crippen LogP contribution < -0.4 is 5.32 Å². The number of carbonyl (C=O) groups excluding carboxylic acids is 2. The van der Waals surface area contributed by atoms with Gasteiger partial charge in [0.15, 0.2) is 5.76 Å². The molecule has 0 fully saturated rings. The summed E-state index contributed by atoms with van der Waals surface area (Å²) in [4.78, 5) is 27.5. The number of ether oxygens (including phenoxy) is 1. The van der Waals surface area contributed by atoms with E-state index in [1.807, 2.05) is 7.05 Å². The van der Waals surface area contributed by atoms with Crippen LogP contribution in [0.2, 0.25) is 0 Å². The summed E-state index contributed by atoms with van der Waals surface area (Å²) in [5.41, 5.74) is 1.44. The third-order valence-corrected chi connectivity index (χ3v) is 4.74. The number of hydrogen-bond donors (Lipinski definition) is 1. The van der Waals surface area contributed by atoms with Crippen LogP contribution in [-0.4, -0.2) is 37.5 Å². The Morgan fingerprint density at radius 3 is 2.95 bits per heavy atom. The molecule has 2 aromatic heterocycles. The lowest BCUT2D eigenvalue weighted by Gasteiger charge is -2.22. The highest BCUT2D eigenvalue weighted by molar-refractivity contribution is 7.17. The Bertz CT molecular complexity index is 705. The molecule has 116 valence electrons. The van der Waals surface area contributed by atoms with Crippen molar-refractivity contribution >= 4 is 28.2 Å². The zero-order chi connectivity index (χ0) is 15.7. The largest absolute Gasteiger partial charge is 0.465 e. The van der Waals surface area contributed by atoms with Gasteiger partial charge in [0.05, 0.1) is 18.9 Å². The molecule has 0 saturated carbocycles. The van der Waals surface area contributed by atoms with Crippen molar-refractivity contribution in [2.45, 2.75) is 13.0 Å². The van der Waals surface area contributed by atoms with Crippen LogP contribution in [0.3, 0.4) is 0 Å². The Morgan fingerprint density at radius 2 is 2.27 bits per heavy atom. The van der Waals surface area contributed by atoms with Crippen molar-refractivity contribution in [1.82, 2.24) is 4.90 Å². The van der Waals surface area contributed by atoms with Gasteiger partial charge in [-0.05, 0) is 31.2 Å². The molecule has 0 bridgehead atoms. The molecule has 0 aromatic carbocycles. The molecule has 7 heteroatoms. The monoisotopic (exact) mass is 320 g/mol. The molecule has 22 heavy (non-hydrogen) atoms. The van der Waals surface area contributed by atoms with E-state index in [9.17, 15) is 9.59 Å². The van der Waals surface area contributed by atoms with E-state index in [0.29, 0.717) is 10.6 Å². The normalized spacial score (nSPS) is 14.5. The molecule has 0 unspecified atom stereocenters. The molecule has 0 spiro atoms. The number of carbonyl (C=O) groups is 2. The average Bonchev–Trinajstić information content (AvgIpc) is 3.13. The molecular weight excluding hydrogens is 304 g/mol. The van der Waals surface area contributed by atoms with Crippen LogP contribution in [0.1, 0.15) is 31.4 Å². The van der Waals surface area contributed by atoms with Gasteiger partial charge < -0.3 is 19.4 Å². The van der Waals surface area contributed by atoms with Crippen LogP contribution in [0.5, 0.6) is 0 Å². The van der Waals surface area contributed by atoms with Gasteiger partial charge in [0, 0.05) is 18.0 Å². The molecule has 0 radical (unpaired) electrons. The number of hydrogen-bond acceptors (Lipinski definition) is 6. The Hall–Kier alpha value is -2.12. The average molecular weight is 320 g/mol. The van der Waals surface area contributed by atoms with Crippen LogP contribution in [0, 0.1) is 0 Å². The molecule has 3 heterocycles. The minimum Gasteiger partial charge on any atom is -0.465 e. The summed E-state index contributed by atoms with van der Waals surface area (Å²) in [5.74, 6) is -0.585. The molecule has 1 aliphatic rings. The van der Waals surface area contributed by atoms with Gasteiger partial charge in [0.1, 0.15) is 5.00 Å². The highest BCUT2D eigenvalue weighted by Gasteiger charge is 2.28. The van der Waals surface area contributed by atoms with E-state index in [1.165, 1.54) is 24.7 Å². The van der Waals surface area contributed by atoms with E-state index >= 15 is 0 Å². The second-order valence-corrected chi connectivity index (χ2v) is 6.22. The van der Waals surface area contributed by atoms with Gasteiger partial charge in [-0.25, -0.2) is 4.79 Å². The second-order valence-electron chi connectivity index (χ2n) is 5.12. The molecular formula is C15H16N2O4S. The lowest BCUT2D eigenvalue weighted by Crippen LogP contribution is -2.26. The van der Waals surface area contributed by atoms with Crippen molar-refractivity contribution in [3.05, 3.63) is 40.2 Å². The van der Waals surface area contributed by atoms with Crippen LogP contribution in [-0.2, 0) is 17.7 Å². The van der Waals surface area contributed by atoms with E-state index in [1.54, 1.807) is 12.1 Å². The molecule has 6 nitrogen and oxygen atoms in total. The van der Waals surface area contributed by atoms with Crippen LogP contribution in [0.25, 0.3) is 0 Å². The van der Waals surface area contributed by atoms with Crippen molar-refractivity contribution in [1.29, 1.82) is 0 Å². The van der Waals surface area contributed by atoms with E-state index < -0.39 is 5.97 Å². The number of nitrogens with zero attached hydrogens (tertiary/aromatic N) is 1. The van der Waals surface area contributed by atoms with Crippen molar-refractivity contribution in [3.8, 4) is 0 Å². The molecule has 3 rings (SSSR count). The lowest BCUT2D eigenvalue weighted by atomic mass is 10.0. The first-order valence-electron chi connectivity index (χ1n) is 6.86. The maximum absolute atomic E-state index is 12.2. The minimum absolute atomic E-state index is 0.208. The van der Waals surface area contributed by atoms with Gasteiger partial charge in [0.25, 0.3) is 5.91 Å². The number of amides is 1. The van der Waals surface area contributed by atoms with Crippen LogP contribution >= 0.6 is 11.3 Å². The summed E-state index contributed by atoms with van der Waals surface area (Å²) in [6, 6.07) is 3.22. The Labute approximate surface area is 131 Å². The Balaban J connectivity index is 1.96. The summed E-state index contributed by atoms with van der Waals surface area (Å²) in [6.07, 6.45) is 2.20. The summed E-state index contributed by atoms with van der Waals surface area (Å²) in [5, 5.41) is 3.29. The number of methoxy groups -OCH3 is 1. The van der Waals surface area contributed by atoms with Gasteiger partial charge >= 0.3 is 5.97 Å². The molecule has 1 amide bonds. The second kappa shape index (κ2) is 5.94. The maximum Gasteiger partial charge on any atom is 0.341 e.